The van der Waals surface area contributed by atoms with Gasteiger partial charge >= 0.3 is 0 Å². The minimum Gasteiger partial charge on any atom is -0.383 e. The van der Waals surface area contributed by atoms with Gasteiger partial charge in [0, 0.05) is 5.56 Å². The first-order valence-electron chi connectivity index (χ1n) is 8.19. The van der Waals surface area contributed by atoms with Crippen LogP contribution in [0, 0.1) is 0 Å². The van der Waals surface area contributed by atoms with Crippen LogP contribution in [0.15, 0.2) is 30.6 Å². The predicted octanol–water partition coefficient (Wildman–Crippen LogP) is 4.13. The van der Waals surface area contributed by atoms with Crippen molar-refractivity contribution in [3.8, 4) is 11.3 Å². The van der Waals surface area contributed by atoms with Crippen LogP contribution in [0.3, 0.4) is 0 Å². The summed E-state index contributed by atoms with van der Waals surface area (Å²) in [6.07, 6.45) is 1.49. The molecule has 2 heterocycles. The van der Waals surface area contributed by atoms with E-state index in [0.29, 0.717) is 5.82 Å². The number of fused-ring (bicyclic) bond motifs is 1. The van der Waals surface area contributed by atoms with Crippen LogP contribution in [0.25, 0.3) is 22.3 Å². The van der Waals surface area contributed by atoms with Crippen molar-refractivity contribution in [3.05, 3.63) is 36.2 Å². The molecule has 3 rings (SSSR count). The first kappa shape index (κ1) is 16.4. The third-order valence-corrected chi connectivity index (χ3v) is 4.15. The maximum atomic E-state index is 6.15. The molecule has 0 unspecified atom stereocenters. The lowest BCUT2D eigenvalue weighted by Gasteiger charge is -2.19. The Labute approximate surface area is 142 Å². The number of aromatic nitrogens is 4. The smallest absolute Gasteiger partial charge is 0.164 e. The first-order chi connectivity index (χ1) is 11.1. The van der Waals surface area contributed by atoms with Crippen LogP contribution in [0.5, 0.6) is 0 Å². The molecule has 0 radical (unpaired) electrons. The molecule has 1 aromatic carbocycles. The Morgan fingerprint density at radius 2 is 1.54 bits per heavy atom. The van der Waals surface area contributed by atoms with Crippen LogP contribution >= 0.6 is 0 Å². The third-order valence-electron chi connectivity index (χ3n) is 4.15. The van der Waals surface area contributed by atoms with E-state index in [9.17, 15) is 0 Å². The molecular formula is C19H25N5. The Bertz CT molecular complexity index is 877. The quantitative estimate of drug-likeness (QED) is 0.731. The molecule has 5 heteroatoms. The Kier molecular flexibility index (Phi) is 3.62. The van der Waals surface area contributed by atoms with Crippen molar-refractivity contribution in [2.75, 3.05) is 5.73 Å². The molecule has 0 spiro atoms. The van der Waals surface area contributed by atoms with Gasteiger partial charge in [-0.3, -0.25) is 0 Å². The average molecular weight is 323 g/mol. The van der Waals surface area contributed by atoms with Crippen LogP contribution in [-0.4, -0.2) is 19.7 Å². The molecule has 0 saturated heterocycles. The van der Waals surface area contributed by atoms with Gasteiger partial charge in [0.15, 0.2) is 5.65 Å². The van der Waals surface area contributed by atoms with Crippen molar-refractivity contribution in [1.29, 1.82) is 0 Å². The largest absolute Gasteiger partial charge is 0.383 e. The second kappa shape index (κ2) is 5.30. The summed E-state index contributed by atoms with van der Waals surface area (Å²) in [4.78, 5) is 8.58. The first-order valence-corrected chi connectivity index (χ1v) is 8.19. The third kappa shape index (κ3) is 2.75. The summed E-state index contributed by atoms with van der Waals surface area (Å²) in [5, 5.41) is 5.63. The van der Waals surface area contributed by atoms with E-state index in [4.69, 9.17) is 10.8 Å². The number of hydrogen-bond acceptors (Lipinski definition) is 4. The van der Waals surface area contributed by atoms with Gasteiger partial charge < -0.3 is 5.73 Å². The van der Waals surface area contributed by atoms with Crippen LogP contribution in [0.4, 0.5) is 5.82 Å². The summed E-state index contributed by atoms with van der Waals surface area (Å²) in [6.45, 7) is 12.9. The summed E-state index contributed by atoms with van der Waals surface area (Å²) in [5.74, 6) is 0.463. The Hall–Kier alpha value is -2.43. The lowest BCUT2D eigenvalue weighted by molar-refractivity contribution is 0.367. The Morgan fingerprint density at radius 1 is 0.917 bits per heavy atom. The van der Waals surface area contributed by atoms with Gasteiger partial charge in [-0.1, -0.05) is 45.0 Å². The number of nitrogens with two attached hydrogens (primary N) is 1. The molecule has 0 aliphatic carbocycles. The van der Waals surface area contributed by atoms with Crippen molar-refractivity contribution in [2.45, 2.75) is 52.5 Å². The minimum absolute atomic E-state index is 0.119. The Morgan fingerprint density at radius 3 is 2.08 bits per heavy atom. The van der Waals surface area contributed by atoms with Crippen molar-refractivity contribution in [2.24, 2.45) is 0 Å². The number of nitrogens with zero attached hydrogens (tertiary/aromatic N) is 4. The predicted molar refractivity (Wildman–Crippen MR) is 98.9 cm³/mol. The highest BCUT2D eigenvalue weighted by molar-refractivity contribution is 5.98. The zero-order valence-corrected chi connectivity index (χ0v) is 15.3. The highest BCUT2D eigenvalue weighted by Gasteiger charge is 2.24. The highest BCUT2D eigenvalue weighted by Crippen LogP contribution is 2.33. The van der Waals surface area contributed by atoms with Gasteiger partial charge in [0.25, 0.3) is 0 Å². The monoisotopic (exact) mass is 323 g/mol. The fraction of sp³-hybridized carbons (Fsp3) is 0.421. The summed E-state index contributed by atoms with van der Waals surface area (Å²) >= 11 is 0. The van der Waals surface area contributed by atoms with E-state index < -0.39 is 0 Å². The van der Waals surface area contributed by atoms with E-state index in [2.05, 4.69) is 75.8 Å². The second-order valence-electron chi connectivity index (χ2n) is 8.22. The van der Waals surface area contributed by atoms with Gasteiger partial charge in [0.1, 0.15) is 17.8 Å². The number of nitrogen functional groups attached to an aromatic ring is 1. The molecule has 0 bridgehead atoms. The average Bonchev–Trinajstić information content (AvgIpc) is 2.87. The minimum atomic E-state index is -0.192. The van der Waals surface area contributed by atoms with Gasteiger partial charge in [-0.05, 0) is 31.7 Å². The molecule has 0 atom stereocenters. The molecular weight excluding hydrogens is 298 g/mol. The van der Waals surface area contributed by atoms with E-state index >= 15 is 0 Å². The topological polar surface area (TPSA) is 69.6 Å². The zero-order valence-electron chi connectivity index (χ0n) is 15.3. The standard InChI is InChI=1S/C19H25N5/c1-18(2,3)13-9-7-12(8-10-13)15-14-16(20)21-11-22-17(14)24(23-15)19(4,5)6/h7-11H,1-6H3,(H2,20,21,22). The molecule has 0 saturated carbocycles. The Balaban J connectivity index is 2.23. The summed E-state index contributed by atoms with van der Waals surface area (Å²) in [5.41, 5.74) is 9.99. The fourth-order valence-electron chi connectivity index (χ4n) is 2.77. The molecule has 0 amide bonds. The SMILES string of the molecule is CC(C)(C)c1ccc(-c2nn(C(C)(C)C)c3ncnc(N)c23)cc1. The van der Waals surface area contributed by atoms with Crippen LogP contribution < -0.4 is 5.73 Å². The van der Waals surface area contributed by atoms with Gasteiger partial charge in [-0.25, -0.2) is 14.6 Å². The van der Waals surface area contributed by atoms with Crippen molar-refractivity contribution in [1.82, 2.24) is 19.7 Å². The maximum absolute atomic E-state index is 6.15. The van der Waals surface area contributed by atoms with Gasteiger partial charge in [0.2, 0.25) is 0 Å². The molecule has 0 aliphatic rings. The number of hydrogen-bond donors (Lipinski definition) is 1. The van der Waals surface area contributed by atoms with E-state index in [1.165, 1.54) is 11.9 Å². The molecule has 0 aliphatic heterocycles. The number of benzene rings is 1. The van der Waals surface area contributed by atoms with Gasteiger partial charge in [-0.2, -0.15) is 5.10 Å². The molecule has 5 nitrogen and oxygen atoms in total. The fourth-order valence-corrected chi connectivity index (χ4v) is 2.77. The molecule has 2 N–H and O–H groups in total. The molecule has 0 fully saturated rings. The van der Waals surface area contributed by atoms with Crippen molar-refractivity contribution < 1.29 is 0 Å². The van der Waals surface area contributed by atoms with E-state index in [-0.39, 0.29) is 11.0 Å². The van der Waals surface area contributed by atoms with Crippen LogP contribution in [0.1, 0.15) is 47.1 Å². The van der Waals surface area contributed by atoms with Crippen molar-refractivity contribution in [3.63, 3.8) is 0 Å². The van der Waals surface area contributed by atoms with E-state index in [0.717, 1.165) is 22.3 Å². The highest BCUT2D eigenvalue weighted by atomic mass is 15.3. The van der Waals surface area contributed by atoms with E-state index in [1.54, 1.807) is 0 Å². The van der Waals surface area contributed by atoms with Gasteiger partial charge in [0.05, 0.1) is 10.9 Å². The molecule has 3 aromatic rings. The number of rotatable bonds is 1. The van der Waals surface area contributed by atoms with E-state index in [1.807, 2.05) is 4.68 Å². The number of anilines is 1. The summed E-state index contributed by atoms with van der Waals surface area (Å²) in [7, 11) is 0. The van der Waals surface area contributed by atoms with Crippen LogP contribution in [0.2, 0.25) is 0 Å². The second-order valence-corrected chi connectivity index (χ2v) is 8.22. The van der Waals surface area contributed by atoms with Crippen LogP contribution in [-0.2, 0) is 11.0 Å². The molecule has 24 heavy (non-hydrogen) atoms. The van der Waals surface area contributed by atoms with Crippen molar-refractivity contribution >= 4 is 16.9 Å². The molecule has 126 valence electrons. The summed E-state index contributed by atoms with van der Waals surface area (Å²) in [6, 6.07) is 8.50. The lowest BCUT2D eigenvalue weighted by Crippen LogP contribution is -2.23. The zero-order chi connectivity index (χ0) is 17.7. The normalized spacial score (nSPS) is 12.8. The van der Waals surface area contributed by atoms with Gasteiger partial charge in [-0.15, -0.1) is 0 Å². The summed E-state index contributed by atoms with van der Waals surface area (Å²) < 4.78 is 1.92. The molecule has 2 aromatic heterocycles. The lowest BCUT2D eigenvalue weighted by atomic mass is 9.86. The maximum Gasteiger partial charge on any atom is 0.164 e.